The number of carbonyl (C=O) groups excluding carboxylic acids is 1. The van der Waals surface area contributed by atoms with Crippen LogP contribution in [-0.4, -0.2) is 11.3 Å². The third-order valence-electron chi connectivity index (χ3n) is 2.84. The number of hydrogen-bond acceptors (Lipinski definition) is 3. The summed E-state index contributed by atoms with van der Waals surface area (Å²) in [7, 11) is 0. The average molecular weight is 249 g/mol. The summed E-state index contributed by atoms with van der Waals surface area (Å²) in [5.41, 5.74) is 1.44. The monoisotopic (exact) mass is 249 g/mol. The minimum absolute atomic E-state index is 0.524. The first-order chi connectivity index (χ1) is 9.36. The lowest BCUT2D eigenvalue weighted by Crippen LogP contribution is -1.90. The molecule has 0 saturated heterocycles. The molecule has 2 aromatic carbocycles. The molecule has 0 aliphatic rings. The molecule has 0 N–H and O–H groups in total. The normalized spacial score (nSPS) is 10.3. The number of pyridine rings is 1. The molecule has 0 radical (unpaired) electrons. The molecule has 0 fully saturated rings. The van der Waals surface area contributed by atoms with Gasteiger partial charge in [0.05, 0.1) is 17.3 Å². The predicted molar refractivity (Wildman–Crippen MR) is 73.6 cm³/mol. The van der Waals surface area contributed by atoms with Crippen LogP contribution < -0.4 is 4.74 Å². The van der Waals surface area contributed by atoms with E-state index in [0.29, 0.717) is 17.1 Å². The van der Waals surface area contributed by atoms with Crippen LogP contribution >= 0.6 is 0 Å². The largest absolute Gasteiger partial charge is 0.455 e. The number of benzene rings is 2. The Kier molecular flexibility index (Phi) is 2.94. The number of ether oxygens (including phenoxy) is 1. The zero-order chi connectivity index (χ0) is 13.1. The minimum Gasteiger partial charge on any atom is -0.455 e. The van der Waals surface area contributed by atoms with Crippen molar-refractivity contribution in [3.63, 3.8) is 0 Å². The lowest BCUT2D eigenvalue weighted by atomic mass is 10.2. The van der Waals surface area contributed by atoms with Crippen LogP contribution in [0.3, 0.4) is 0 Å². The van der Waals surface area contributed by atoms with Gasteiger partial charge in [-0.05, 0) is 24.3 Å². The average Bonchev–Trinajstić information content (AvgIpc) is 2.48. The standard InChI is InChI=1S/C16H11NO2/c18-11-13-6-2-4-8-16(13)19-14-9-12-5-1-3-7-15(12)17-10-14/h1-11H. The van der Waals surface area contributed by atoms with Gasteiger partial charge in [0.2, 0.25) is 0 Å². The Morgan fingerprint density at radius 2 is 1.79 bits per heavy atom. The Morgan fingerprint density at radius 3 is 2.68 bits per heavy atom. The van der Waals surface area contributed by atoms with E-state index in [4.69, 9.17) is 4.74 Å². The topological polar surface area (TPSA) is 39.2 Å². The molecule has 0 aliphatic carbocycles. The van der Waals surface area contributed by atoms with Gasteiger partial charge in [0.15, 0.2) is 6.29 Å². The Morgan fingerprint density at radius 1 is 1.00 bits per heavy atom. The van der Waals surface area contributed by atoms with Crippen molar-refractivity contribution in [2.24, 2.45) is 0 Å². The second kappa shape index (κ2) is 4.90. The highest BCUT2D eigenvalue weighted by molar-refractivity contribution is 5.81. The highest BCUT2D eigenvalue weighted by Crippen LogP contribution is 2.25. The van der Waals surface area contributed by atoms with Crippen molar-refractivity contribution >= 4 is 17.2 Å². The summed E-state index contributed by atoms with van der Waals surface area (Å²) in [6.07, 6.45) is 2.44. The van der Waals surface area contributed by atoms with E-state index < -0.39 is 0 Å². The quantitative estimate of drug-likeness (QED) is 0.662. The number of rotatable bonds is 3. The first-order valence-electron chi connectivity index (χ1n) is 5.94. The fourth-order valence-corrected chi connectivity index (χ4v) is 1.90. The zero-order valence-electron chi connectivity index (χ0n) is 10.1. The highest BCUT2D eigenvalue weighted by Gasteiger charge is 2.04. The number of carbonyl (C=O) groups is 1. The van der Waals surface area contributed by atoms with Gasteiger partial charge in [-0.15, -0.1) is 0 Å². The van der Waals surface area contributed by atoms with Crippen molar-refractivity contribution in [1.82, 2.24) is 4.98 Å². The van der Waals surface area contributed by atoms with Gasteiger partial charge in [-0.2, -0.15) is 0 Å². The van der Waals surface area contributed by atoms with Gasteiger partial charge in [0, 0.05) is 5.39 Å². The van der Waals surface area contributed by atoms with Gasteiger partial charge in [-0.3, -0.25) is 9.78 Å². The molecule has 0 bridgehead atoms. The smallest absolute Gasteiger partial charge is 0.153 e. The SMILES string of the molecule is O=Cc1ccccc1Oc1cnc2ccccc2c1. The molecule has 0 atom stereocenters. The molecule has 0 amide bonds. The van der Waals surface area contributed by atoms with Crippen molar-refractivity contribution < 1.29 is 9.53 Å². The molecule has 0 unspecified atom stereocenters. The van der Waals surface area contributed by atoms with E-state index in [0.717, 1.165) is 17.2 Å². The molecule has 3 nitrogen and oxygen atoms in total. The van der Waals surface area contributed by atoms with Gasteiger partial charge in [-0.1, -0.05) is 30.3 Å². The first kappa shape index (κ1) is 11.4. The number of para-hydroxylation sites is 2. The predicted octanol–water partition coefficient (Wildman–Crippen LogP) is 3.84. The van der Waals surface area contributed by atoms with E-state index in [-0.39, 0.29) is 0 Å². The Balaban J connectivity index is 1.99. The molecule has 92 valence electrons. The second-order valence-corrected chi connectivity index (χ2v) is 4.12. The summed E-state index contributed by atoms with van der Waals surface area (Å²) < 4.78 is 5.71. The summed E-state index contributed by atoms with van der Waals surface area (Å²) >= 11 is 0. The molecule has 3 heteroatoms. The van der Waals surface area contributed by atoms with Crippen LogP contribution in [0, 0.1) is 0 Å². The zero-order valence-corrected chi connectivity index (χ0v) is 10.1. The summed E-state index contributed by atoms with van der Waals surface area (Å²) in [6.45, 7) is 0. The van der Waals surface area contributed by atoms with E-state index in [9.17, 15) is 4.79 Å². The minimum atomic E-state index is 0.524. The van der Waals surface area contributed by atoms with Crippen molar-refractivity contribution in [3.8, 4) is 11.5 Å². The van der Waals surface area contributed by atoms with Crippen molar-refractivity contribution in [3.05, 3.63) is 66.4 Å². The molecular weight excluding hydrogens is 238 g/mol. The van der Waals surface area contributed by atoms with Gasteiger partial charge in [-0.25, -0.2) is 0 Å². The van der Waals surface area contributed by atoms with Crippen molar-refractivity contribution in [2.75, 3.05) is 0 Å². The van der Waals surface area contributed by atoms with Crippen molar-refractivity contribution in [1.29, 1.82) is 0 Å². The van der Waals surface area contributed by atoms with E-state index in [1.165, 1.54) is 0 Å². The number of nitrogens with zero attached hydrogens (tertiary/aromatic N) is 1. The maximum absolute atomic E-state index is 10.9. The van der Waals surface area contributed by atoms with Crippen LogP contribution in [0.2, 0.25) is 0 Å². The van der Waals surface area contributed by atoms with Crippen LogP contribution in [0.5, 0.6) is 11.5 Å². The maximum Gasteiger partial charge on any atom is 0.153 e. The van der Waals surface area contributed by atoms with E-state index >= 15 is 0 Å². The van der Waals surface area contributed by atoms with E-state index in [1.54, 1.807) is 24.4 Å². The third kappa shape index (κ3) is 2.31. The molecule has 0 aliphatic heterocycles. The van der Waals surface area contributed by atoms with Crippen LogP contribution in [0.1, 0.15) is 10.4 Å². The first-order valence-corrected chi connectivity index (χ1v) is 5.94. The van der Waals surface area contributed by atoms with E-state index in [2.05, 4.69) is 4.98 Å². The molecule has 19 heavy (non-hydrogen) atoms. The molecule has 1 heterocycles. The molecule has 1 aromatic heterocycles. The van der Waals surface area contributed by atoms with Crippen LogP contribution in [0.25, 0.3) is 10.9 Å². The summed E-state index contributed by atoms with van der Waals surface area (Å²) in [5.74, 6) is 1.16. The van der Waals surface area contributed by atoms with Gasteiger partial charge >= 0.3 is 0 Å². The Labute approximate surface area is 110 Å². The number of hydrogen-bond donors (Lipinski definition) is 0. The lowest BCUT2D eigenvalue weighted by molar-refractivity contribution is 0.112. The molecule has 3 rings (SSSR count). The van der Waals surface area contributed by atoms with Gasteiger partial charge < -0.3 is 4.74 Å². The van der Waals surface area contributed by atoms with Crippen LogP contribution in [0.15, 0.2) is 60.8 Å². The van der Waals surface area contributed by atoms with Crippen LogP contribution in [0.4, 0.5) is 0 Å². The maximum atomic E-state index is 10.9. The Hall–Kier alpha value is -2.68. The summed E-state index contributed by atoms with van der Waals surface area (Å²) in [5, 5.41) is 1.00. The third-order valence-corrected chi connectivity index (χ3v) is 2.84. The van der Waals surface area contributed by atoms with Gasteiger partial charge in [0.1, 0.15) is 11.5 Å². The molecule has 3 aromatic rings. The summed E-state index contributed by atoms with van der Waals surface area (Å²) in [4.78, 5) is 15.3. The summed E-state index contributed by atoms with van der Waals surface area (Å²) in [6, 6.07) is 16.8. The Bertz CT molecular complexity index is 737. The number of fused-ring (bicyclic) bond motifs is 1. The second-order valence-electron chi connectivity index (χ2n) is 4.12. The fraction of sp³-hybridized carbons (Fsp3) is 0. The number of aromatic nitrogens is 1. The number of aldehydes is 1. The molecule has 0 spiro atoms. The highest BCUT2D eigenvalue weighted by atomic mass is 16.5. The lowest BCUT2D eigenvalue weighted by Gasteiger charge is -2.08. The van der Waals surface area contributed by atoms with Crippen LogP contribution in [-0.2, 0) is 0 Å². The molecular formula is C16H11NO2. The van der Waals surface area contributed by atoms with Crippen molar-refractivity contribution in [2.45, 2.75) is 0 Å². The van der Waals surface area contributed by atoms with E-state index in [1.807, 2.05) is 36.4 Å². The fourth-order valence-electron chi connectivity index (χ4n) is 1.90. The van der Waals surface area contributed by atoms with Gasteiger partial charge in [0.25, 0.3) is 0 Å². The molecule has 0 saturated carbocycles.